The lowest BCUT2D eigenvalue weighted by molar-refractivity contribution is -0.131. The summed E-state index contributed by atoms with van der Waals surface area (Å²) < 4.78 is 0. The van der Waals surface area contributed by atoms with Crippen LogP contribution in [-0.2, 0) is 4.79 Å². The van der Waals surface area contributed by atoms with Crippen LogP contribution in [0.25, 0.3) is 0 Å². The molecule has 0 N–H and O–H groups in total. The lowest BCUT2D eigenvalue weighted by atomic mass is 10.1. The minimum Gasteiger partial charge on any atom is -0.365 e. The molecular weight excluding hydrogens is 224 g/mol. The highest BCUT2D eigenvalue weighted by Crippen LogP contribution is 2.22. The Bertz CT molecular complexity index is 391. The smallest absolute Gasteiger partial charge is 0.222 e. The van der Waals surface area contributed by atoms with E-state index in [0.717, 1.165) is 26.1 Å². The summed E-state index contributed by atoms with van der Waals surface area (Å²) in [4.78, 5) is 16.2. The monoisotopic (exact) mass is 246 g/mol. The molecule has 1 amide bonds. The fraction of sp³-hybridized carbons (Fsp3) is 0.533. The Hall–Kier alpha value is -1.51. The first-order valence-electron chi connectivity index (χ1n) is 6.85. The number of amides is 1. The van der Waals surface area contributed by atoms with Crippen LogP contribution in [0.1, 0.15) is 26.7 Å². The third-order valence-corrected chi connectivity index (χ3v) is 3.70. The number of rotatable bonds is 3. The molecule has 1 atom stereocenters. The number of hydrogen-bond donors (Lipinski definition) is 0. The lowest BCUT2D eigenvalue weighted by Crippen LogP contribution is -2.54. The van der Waals surface area contributed by atoms with Crippen LogP contribution in [0.4, 0.5) is 5.69 Å². The van der Waals surface area contributed by atoms with Gasteiger partial charge < -0.3 is 9.80 Å². The molecule has 2 rings (SSSR count). The van der Waals surface area contributed by atoms with Gasteiger partial charge in [0.05, 0.1) is 0 Å². The van der Waals surface area contributed by atoms with Crippen molar-refractivity contribution < 1.29 is 4.79 Å². The van der Waals surface area contributed by atoms with Crippen LogP contribution in [0.5, 0.6) is 0 Å². The zero-order valence-corrected chi connectivity index (χ0v) is 11.3. The standard InChI is InChI=1S/C15H22N2O/c1-3-13-12-16(15(18)4-2)10-11-17(13)14-8-6-5-7-9-14/h5-9,13H,3-4,10-12H2,1-2H3. The number of para-hydroxylation sites is 1. The Morgan fingerprint density at radius 2 is 1.94 bits per heavy atom. The first kappa shape index (κ1) is 12.9. The summed E-state index contributed by atoms with van der Waals surface area (Å²) in [6.07, 6.45) is 1.68. The number of benzene rings is 1. The van der Waals surface area contributed by atoms with Crippen molar-refractivity contribution in [1.29, 1.82) is 0 Å². The maximum absolute atomic E-state index is 11.8. The second-order valence-corrected chi connectivity index (χ2v) is 4.78. The van der Waals surface area contributed by atoms with E-state index in [9.17, 15) is 4.79 Å². The molecule has 0 aromatic heterocycles. The molecule has 3 nitrogen and oxygen atoms in total. The van der Waals surface area contributed by atoms with E-state index in [2.05, 4.69) is 36.1 Å². The van der Waals surface area contributed by atoms with Crippen LogP contribution in [0.2, 0.25) is 0 Å². The molecule has 98 valence electrons. The third-order valence-electron chi connectivity index (χ3n) is 3.70. The molecule has 0 bridgehead atoms. The van der Waals surface area contributed by atoms with Crippen LogP contribution in [-0.4, -0.2) is 36.5 Å². The number of carbonyl (C=O) groups excluding carboxylic acids is 1. The predicted octanol–water partition coefficient (Wildman–Crippen LogP) is 2.52. The summed E-state index contributed by atoms with van der Waals surface area (Å²) in [6, 6.07) is 10.9. The maximum Gasteiger partial charge on any atom is 0.222 e. The van der Waals surface area contributed by atoms with Crippen molar-refractivity contribution in [3.63, 3.8) is 0 Å². The van der Waals surface area contributed by atoms with Crippen molar-refractivity contribution in [2.24, 2.45) is 0 Å². The SMILES string of the molecule is CCC(=O)N1CCN(c2ccccc2)C(CC)C1. The number of hydrogen-bond acceptors (Lipinski definition) is 2. The first-order valence-corrected chi connectivity index (χ1v) is 6.85. The van der Waals surface area contributed by atoms with Gasteiger partial charge >= 0.3 is 0 Å². The quantitative estimate of drug-likeness (QED) is 0.818. The number of anilines is 1. The number of piperazine rings is 1. The number of nitrogens with zero attached hydrogens (tertiary/aromatic N) is 2. The Kier molecular flexibility index (Phi) is 4.24. The highest BCUT2D eigenvalue weighted by molar-refractivity contribution is 5.76. The van der Waals surface area contributed by atoms with Gasteiger partial charge in [0.25, 0.3) is 0 Å². The van der Waals surface area contributed by atoms with Crippen LogP contribution in [0.3, 0.4) is 0 Å². The molecular formula is C15H22N2O. The summed E-state index contributed by atoms with van der Waals surface area (Å²) in [5, 5.41) is 0. The fourth-order valence-electron chi connectivity index (χ4n) is 2.61. The van der Waals surface area contributed by atoms with E-state index >= 15 is 0 Å². The van der Waals surface area contributed by atoms with Gasteiger partial charge in [0, 0.05) is 37.8 Å². The molecule has 0 spiro atoms. The molecule has 0 saturated carbocycles. The predicted molar refractivity (Wildman–Crippen MR) is 74.7 cm³/mol. The van der Waals surface area contributed by atoms with Crippen molar-refractivity contribution in [1.82, 2.24) is 4.90 Å². The second-order valence-electron chi connectivity index (χ2n) is 4.78. The Labute approximate surface area is 109 Å². The maximum atomic E-state index is 11.8. The van der Waals surface area contributed by atoms with E-state index in [1.165, 1.54) is 5.69 Å². The summed E-state index contributed by atoms with van der Waals surface area (Å²) in [6.45, 7) is 6.78. The molecule has 1 aromatic rings. The minimum absolute atomic E-state index is 0.279. The molecule has 1 aliphatic heterocycles. The van der Waals surface area contributed by atoms with Gasteiger partial charge in [-0.15, -0.1) is 0 Å². The average molecular weight is 246 g/mol. The molecule has 1 unspecified atom stereocenters. The summed E-state index contributed by atoms with van der Waals surface area (Å²) in [5.74, 6) is 0.279. The number of carbonyl (C=O) groups is 1. The van der Waals surface area contributed by atoms with Gasteiger partial charge in [-0.05, 0) is 18.6 Å². The summed E-state index contributed by atoms with van der Waals surface area (Å²) in [5.41, 5.74) is 1.27. The Morgan fingerprint density at radius 3 is 2.56 bits per heavy atom. The summed E-state index contributed by atoms with van der Waals surface area (Å²) >= 11 is 0. The van der Waals surface area contributed by atoms with Crippen molar-refractivity contribution in [2.45, 2.75) is 32.7 Å². The molecule has 18 heavy (non-hydrogen) atoms. The van der Waals surface area contributed by atoms with Crippen molar-refractivity contribution in [3.8, 4) is 0 Å². The van der Waals surface area contributed by atoms with E-state index in [-0.39, 0.29) is 5.91 Å². The van der Waals surface area contributed by atoms with E-state index in [1.54, 1.807) is 0 Å². The average Bonchev–Trinajstić information content (AvgIpc) is 2.46. The molecule has 3 heteroatoms. The molecule has 0 aliphatic carbocycles. The van der Waals surface area contributed by atoms with Gasteiger partial charge in [-0.1, -0.05) is 32.0 Å². The Morgan fingerprint density at radius 1 is 1.22 bits per heavy atom. The van der Waals surface area contributed by atoms with E-state index in [4.69, 9.17) is 0 Å². The van der Waals surface area contributed by atoms with Gasteiger partial charge in [0.1, 0.15) is 0 Å². The van der Waals surface area contributed by atoms with Crippen LogP contribution < -0.4 is 4.90 Å². The molecule has 0 radical (unpaired) electrons. The van der Waals surface area contributed by atoms with Crippen molar-refractivity contribution in [3.05, 3.63) is 30.3 Å². The van der Waals surface area contributed by atoms with Gasteiger partial charge in [-0.2, -0.15) is 0 Å². The summed E-state index contributed by atoms with van der Waals surface area (Å²) in [7, 11) is 0. The molecule has 1 aliphatic rings. The van der Waals surface area contributed by atoms with Gasteiger partial charge in [0.2, 0.25) is 5.91 Å². The third kappa shape index (κ3) is 2.66. The van der Waals surface area contributed by atoms with Crippen LogP contribution in [0, 0.1) is 0 Å². The topological polar surface area (TPSA) is 23.6 Å². The van der Waals surface area contributed by atoms with Crippen molar-refractivity contribution >= 4 is 11.6 Å². The first-order chi connectivity index (χ1) is 8.76. The van der Waals surface area contributed by atoms with E-state index in [1.807, 2.05) is 17.9 Å². The minimum atomic E-state index is 0.279. The largest absolute Gasteiger partial charge is 0.365 e. The zero-order valence-electron chi connectivity index (χ0n) is 11.3. The van der Waals surface area contributed by atoms with Gasteiger partial charge in [-0.3, -0.25) is 4.79 Å². The van der Waals surface area contributed by atoms with E-state index in [0.29, 0.717) is 12.5 Å². The lowest BCUT2D eigenvalue weighted by Gasteiger charge is -2.42. The second kappa shape index (κ2) is 5.89. The van der Waals surface area contributed by atoms with E-state index < -0.39 is 0 Å². The van der Waals surface area contributed by atoms with Gasteiger partial charge in [0.15, 0.2) is 0 Å². The van der Waals surface area contributed by atoms with Crippen LogP contribution in [0.15, 0.2) is 30.3 Å². The molecule has 1 fully saturated rings. The van der Waals surface area contributed by atoms with Crippen LogP contribution >= 0.6 is 0 Å². The molecule has 1 aromatic carbocycles. The van der Waals surface area contributed by atoms with Crippen molar-refractivity contribution in [2.75, 3.05) is 24.5 Å². The fourth-order valence-corrected chi connectivity index (χ4v) is 2.61. The Balaban J connectivity index is 2.09. The van der Waals surface area contributed by atoms with Gasteiger partial charge in [-0.25, -0.2) is 0 Å². The molecule has 1 heterocycles. The highest BCUT2D eigenvalue weighted by Gasteiger charge is 2.27. The highest BCUT2D eigenvalue weighted by atomic mass is 16.2. The normalized spacial score (nSPS) is 20.0. The zero-order chi connectivity index (χ0) is 13.0. The molecule has 1 saturated heterocycles.